The second-order valence-electron chi connectivity index (χ2n) is 2.33. The smallest absolute Gasteiger partial charge is 0.270 e. The summed E-state index contributed by atoms with van der Waals surface area (Å²) in [7, 11) is -2.35. The molecule has 0 aromatic carbocycles. The van der Waals surface area contributed by atoms with Gasteiger partial charge in [-0.05, 0) is 19.4 Å². The van der Waals surface area contributed by atoms with E-state index in [0.29, 0.717) is 0 Å². The molecule has 0 aliphatic heterocycles. The topological polar surface area (TPSA) is 43.4 Å². The van der Waals surface area contributed by atoms with Crippen LogP contribution in [0.1, 0.15) is 20.3 Å². The van der Waals surface area contributed by atoms with Crippen molar-refractivity contribution in [3.8, 4) is 0 Å². The van der Waals surface area contributed by atoms with E-state index in [1.165, 1.54) is 19.1 Å². The molecule has 0 atom stereocenters. The summed E-state index contributed by atoms with van der Waals surface area (Å²) >= 11 is 0. The van der Waals surface area contributed by atoms with Gasteiger partial charge >= 0.3 is 0 Å². The fraction of sp³-hybridized carbons (Fsp3) is 0.400. The van der Waals surface area contributed by atoms with Crippen LogP contribution < -0.4 is 0 Å². The van der Waals surface area contributed by atoms with Gasteiger partial charge in [-0.3, -0.25) is 4.18 Å². The highest BCUT2D eigenvalue weighted by Crippen LogP contribution is 2.05. The van der Waals surface area contributed by atoms with E-state index in [-0.39, 0.29) is 4.91 Å². The zero-order valence-corrected chi connectivity index (χ0v) is 9.80. The van der Waals surface area contributed by atoms with Gasteiger partial charge in [0.2, 0.25) is 0 Å². The summed E-state index contributed by atoms with van der Waals surface area (Å²) in [5.74, 6) is 0. The van der Waals surface area contributed by atoms with Crippen LogP contribution in [-0.4, -0.2) is 15.5 Å². The maximum atomic E-state index is 10.8. The molecule has 0 bridgehead atoms. The third-order valence-electron chi connectivity index (χ3n) is 1.25. The first kappa shape index (κ1) is 15.6. The Balaban J connectivity index is 0. The van der Waals surface area contributed by atoms with Crippen LogP contribution in [0.3, 0.4) is 0 Å². The lowest BCUT2D eigenvalue weighted by Crippen LogP contribution is -2.02. The zero-order valence-electron chi connectivity index (χ0n) is 8.99. The predicted molar refractivity (Wildman–Crippen MR) is 60.4 cm³/mol. The summed E-state index contributed by atoms with van der Waals surface area (Å²) in [5.41, 5.74) is 0. The molecule has 0 amide bonds. The van der Waals surface area contributed by atoms with Crippen LogP contribution in [0.15, 0.2) is 36.3 Å². The van der Waals surface area contributed by atoms with E-state index in [1.54, 1.807) is 0 Å². The number of allylic oxidation sites excluding steroid dienone is 4. The van der Waals surface area contributed by atoms with Gasteiger partial charge in [0, 0.05) is 0 Å². The fourth-order valence-corrected chi connectivity index (χ4v) is 0.907. The summed E-state index contributed by atoms with van der Waals surface area (Å²) < 4.78 is 25.7. The molecular weight excluding hydrogens is 200 g/mol. The molecule has 0 aromatic heterocycles. The first-order chi connectivity index (χ1) is 6.46. The van der Waals surface area contributed by atoms with E-state index in [1.807, 2.05) is 6.08 Å². The fourth-order valence-electron chi connectivity index (χ4n) is 0.381. The first-order valence-corrected chi connectivity index (χ1v) is 5.57. The molecule has 0 aliphatic rings. The van der Waals surface area contributed by atoms with Gasteiger partial charge < -0.3 is 0 Å². The quantitative estimate of drug-likeness (QED) is 0.414. The third-order valence-corrected chi connectivity index (χ3v) is 2.62. The minimum atomic E-state index is -3.47. The molecule has 0 saturated carbocycles. The lowest BCUT2D eigenvalue weighted by Gasteiger charge is -1.97. The van der Waals surface area contributed by atoms with E-state index in [9.17, 15) is 8.42 Å². The Morgan fingerprint density at radius 2 is 1.86 bits per heavy atom. The summed E-state index contributed by atoms with van der Waals surface area (Å²) in [6.07, 6.45) is 5.73. The molecule has 0 unspecified atom stereocenters. The Morgan fingerprint density at radius 1 is 1.43 bits per heavy atom. The molecule has 0 heterocycles. The van der Waals surface area contributed by atoms with Gasteiger partial charge in [-0.2, -0.15) is 8.42 Å². The molecule has 0 saturated heterocycles. The number of rotatable bonds is 4. The Kier molecular flexibility index (Phi) is 9.71. The van der Waals surface area contributed by atoms with Crippen LogP contribution in [0, 0.1) is 0 Å². The van der Waals surface area contributed by atoms with Crippen molar-refractivity contribution in [3.05, 3.63) is 36.3 Å². The van der Waals surface area contributed by atoms with Gasteiger partial charge in [0.1, 0.15) is 0 Å². The van der Waals surface area contributed by atoms with Crippen molar-refractivity contribution >= 4 is 10.1 Å². The molecule has 0 N–H and O–H groups in total. The molecule has 4 heteroatoms. The highest BCUT2D eigenvalue weighted by Gasteiger charge is 2.09. The SMILES string of the molecule is C=C/C=C(\C)S(=O)(=O)OC.C=CCC. The van der Waals surface area contributed by atoms with Crippen LogP contribution in [0.4, 0.5) is 0 Å². The van der Waals surface area contributed by atoms with E-state index >= 15 is 0 Å². The monoisotopic (exact) mass is 218 g/mol. The highest BCUT2D eigenvalue weighted by atomic mass is 32.2. The second kappa shape index (κ2) is 8.72. The maximum Gasteiger partial charge on any atom is 0.292 e. The van der Waals surface area contributed by atoms with Crippen molar-refractivity contribution in [1.29, 1.82) is 0 Å². The van der Waals surface area contributed by atoms with E-state index in [0.717, 1.165) is 13.5 Å². The van der Waals surface area contributed by atoms with Gasteiger partial charge in [-0.15, -0.1) is 6.58 Å². The Bertz CT molecular complexity index is 286. The molecule has 0 rings (SSSR count). The van der Waals surface area contributed by atoms with Crippen molar-refractivity contribution in [2.75, 3.05) is 7.11 Å². The van der Waals surface area contributed by atoms with Gasteiger partial charge in [-0.1, -0.05) is 25.7 Å². The van der Waals surface area contributed by atoms with Crippen molar-refractivity contribution in [3.63, 3.8) is 0 Å². The summed E-state index contributed by atoms with van der Waals surface area (Å²) in [6.45, 7) is 10.3. The predicted octanol–water partition coefficient (Wildman–Crippen LogP) is 2.63. The van der Waals surface area contributed by atoms with Crippen molar-refractivity contribution < 1.29 is 12.6 Å². The molecular formula is C10H18O3S. The molecule has 0 spiro atoms. The number of hydrogen-bond acceptors (Lipinski definition) is 3. The molecule has 3 nitrogen and oxygen atoms in total. The number of hydrogen-bond donors (Lipinski definition) is 0. The molecule has 82 valence electrons. The zero-order chi connectivity index (χ0) is 11.6. The standard InChI is InChI=1S/C6H10O3S.C4H8/c1-4-5-6(2)10(7,8)9-3;1-3-4-2/h4-5H,1H2,2-3H3;3H,1,4H2,2H3/b6-5+;. The van der Waals surface area contributed by atoms with Gasteiger partial charge in [-0.25, -0.2) is 0 Å². The van der Waals surface area contributed by atoms with Crippen LogP contribution >= 0.6 is 0 Å². The Hall–Kier alpha value is -0.870. The Labute approximate surface area is 86.9 Å². The summed E-state index contributed by atoms with van der Waals surface area (Å²) in [5, 5.41) is 0. The maximum absolute atomic E-state index is 10.8. The third kappa shape index (κ3) is 7.76. The van der Waals surface area contributed by atoms with Crippen LogP contribution in [0.2, 0.25) is 0 Å². The highest BCUT2D eigenvalue weighted by molar-refractivity contribution is 7.90. The molecule has 14 heavy (non-hydrogen) atoms. The first-order valence-electron chi connectivity index (χ1n) is 4.17. The van der Waals surface area contributed by atoms with Crippen LogP contribution in [-0.2, 0) is 14.3 Å². The van der Waals surface area contributed by atoms with E-state index < -0.39 is 10.1 Å². The normalized spacial score (nSPS) is 11.2. The van der Waals surface area contributed by atoms with Gasteiger partial charge in [0.05, 0.1) is 12.0 Å². The summed E-state index contributed by atoms with van der Waals surface area (Å²) in [4.78, 5) is 0.157. The molecule has 0 radical (unpaired) electrons. The lowest BCUT2D eigenvalue weighted by atomic mass is 10.5. The van der Waals surface area contributed by atoms with Crippen LogP contribution in [0.5, 0.6) is 0 Å². The van der Waals surface area contributed by atoms with Gasteiger partial charge in [0.25, 0.3) is 10.1 Å². The Morgan fingerprint density at radius 3 is 2.07 bits per heavy atom. The van der Waals surface area contributed by atoms with E-state index in [2.05, 4.69) is 24.3 Å². The molecule has 0 fully saturated rings. The molecule has 0 aromatic rings. The minimum Gasteiger partial charge on any atom is -0.270 e. The average Bonchev–Trinajstić information content (AvgIpc) is 2.18. The lowest BCUT2D eigenvalue weighted by molar-refractivity contribution is 0.404. The summed E-state index contributed by atoms with van der Waals surface area (Å²) in [6, 6.07) is 0. The van der Waals surface area contributed by atoms with Gasteiger partial charge in [0.15, 0.2) is 0 Å². The largest absolute Gasteiger partial charge is 0.292 e. The second-order valence-corrected chi connectivity index (χ2v) is 4.22. The minimum absolute atomic E-state index is 0.157. The molecule has 0 aliphatic carbocycles. The van der Waals surface area contributed by atoms with E-state index in [4.69, 9.17) is 0 Å². The average molecular weight is 218 g/mol. The van der Waals surface area contributed by atoms with Crippen molar-refractivity contribution in [2.45, 2.75) is 20.3 Å². The van der Waals surface area contributed by atoms with Crippen molar-refractivity contribution in [1.82, 2.24) is 0 Å². The van der Waals surface area contributed by atoms with Crippen LogP contribution in [0.25, 0.3) is 0 Å². The van der Waals surface area contributed by atoms with Crippen molar-refractivity contribution in [2.24, 2.45) is 0 Å².